The van der Waals surface area contributed by atoms with Crippen LogP contribution in [0.2, 0.25) is 0 Å². The molecule has 0 spiro atoms. The lowest BCUT2D eigenvalue weighted by molar-refractivity contribution is 0.0602. The molecule has 4 aromatic rings. The fraction of sp³-hybridized carbons (Fsp3) is 0.300. The first-order valence-electron chi connectivity index (χ1n) is 9.26. The van der Waals surface area contributed by atoms with Crippen molar-refractivity contribution in [3.63, 3.8) is 0 Å². The Bertz CT molecular complexity index is 1340. The number of carbonyl (C=O) groups is 1. The van der Waals surface area contributed by atoms with Crippen LogP contribution in [0, 0.1) is 0 Å². The molecule has 7 nitrogen and oxygen atoms in total. The number of pyridine rings is 1. The molecule has 0 radical (unpaired) electrons. The van der Waals surface area contributed by atoms with E-state index in [9.17, 15) is 9.59 Å². The largest absolute Gasteiger partial charge is 0.465 e. The van der Waals surface area contributed by atoms with Crippen molar-refractivity contribution in [2.75, 3.05) is 7.11 Å². The second-order valence-corrected chi connectivity index (χ2v) is 8.99. The first-order chi connectivity index (χ1) is 14.1. The highest BCUT2D eigenvalue weighted by Crippen LogP contribution is 2.35. The van der Waals surface area contributed by atoms with Crippen LogP contribution >= 0.6 is 23.1 Å². The smallest absolute Gasteiger partial charge is 0.341 e. The SMILES string of the molecule is COC(=O)c1cccn2cc(CSc3nc4sc5c(c4c(=O)n3C)CCC5)nc12. The van der Waals surface area contributed by atoms with Crippen LogP contribution in [0.1, 0.15) is 32.9 Å². The average Bonchev–Trinajstić information content (AvgIpc) is 3.42. The molecule has 0 bridgehead atoms. The predicted octanol–water partition coefficient (Wildman–Crippen LogP) is 3.21. The van der Waals surface area contributed by atoms with Crippen molar-refractivity contribution in [2.24, 2.45) is 7.05 Å². The molecule has 1 aliphatic carbocycles. The molecule has 0 atom stereocenters. The first-order valence-corrected chi connectivity index (χ1v) is 11.1. The van der Waals surface area contributed by atoms with Crippen LogP contribution in [0.25, 0.3) is 15.9 Å². The highest BCUT2D eigenvalue weighted by molar-refractivity contribution is 7.98. The molecule has 4 heterocycles. The zero-order valence-electron chi connectivity index (χ0n) is 16.0. The Morgan fingerprint density at radius 3 is 3.03 bits per heavy atom. The van der Waals surface area contributed by atoms with E-state index >= 15 is 0 Å². The lowest BCUT2D eigenvalue weighted by Crippen LogP contribution is -2.20. The highest BCUT2D eigenvalue weighted by atomic mass is 32.2. The second-order valence-electron chi connectivity index (χ2n) is 6.96. The van der Waals surface area contributed by atoms with E-state index < -0.39 is 5.97 Å². The standard InChI is InChI=1S/C20H18N4O3S2/c1-23-18(25)15-12-5-3-7-14(12)29-17(15)22-20(23)28-10-11-9-24-8-4-6-13(16(24)21-11)19(26)27-2/h4,6,8-9H,3,5,7,10H2,1-2H3. The van der Waals surface area contributed by atoms with Gasteiger partial charge < -0.3 is 9.14 Å². The molecule has 148 valence electrons. The Kier molecular flexibility index (Phi) is 4.44. The van der Waals surface area contributed by atoms with E-state index in [1.54, 1.807) is 35.1 Å². The molecule has 0 unspecified atom stereocenters. The number of methoxy groups -OCH3 is 1. The van der Waals surface area contributed by atoms with E-state index in [0.717, 1.165) is 35.2 Å². The molecule has 0 N–H and O–H groups in total. The number of rotatable bonds is 4. The summed E-state index contributed by atoms with van der Waals surface area (Å²) < 4.78 is 8.27. The normalized spacial score (nSPS) is 13.3. The lowest BCUT2D eigenvalue weighted by Gasteiger charge is -2.06. The molecule has 1 aliphatic rings. The Labute approximate surface area is 174 Å². The summed E-state index contributed by atoms with van der Waals surface area (Å²) in [4.78, 5) is 36.4. The summed E-state index contributed by atoms with van der Waals surface area (Å²) in [7, 11) is 3.13. The minimum absolute atomic E-state index is 0.0277. The van der Waals surface area contributed by atoms with E-state index in [1.807, 2.05) is 16.8 Å². The van der Waals surface area contributed by atoms with Crippen LogP contribution in [0.5, 0.6) is 0 Å². The van der Waals surface area contributed by atoms with Crippen LogP contribution in [0.3, 0.4) is 0 Å². The van der Waals surface area contributed by atoms with E-state index in [0.29, 0.717) is 22.1 Å². The van der Waals surface area contributed by atoms with Crippen LogP contribution in [0.4, 0.5) is 0 Å². The number of carbonyl (C=O) groups excluding carboxylic acids is 1. The second kappa shape index (κ2) is 7.00. The first kappa shape index (κ1) is 18.4. The Morgan fingerprint density at radius 1 is 1.34 bits per heavy atom. The predicted molar refractivity (Wildman–Crippen MR) is 113 cm³/mol. The van der Waals surface area contributed by atoms with E-state index in [4.69, 9.17) is 9.72 Å². The number of hydrogen-bond acceptors (Lipinski definition) is 7. The van der Waals surface area contributed by atoms with Gasteiger partial charge >= 0.3 is 5.97 Å². The molecular formula is C20H18N4O3S2. The maximum Gasteiger partial charge on any atom is 0.341 e. The number of thiophene rings is 1. The van der Waals surface area contributed by atoms with Crippen molar-refractivity contribution in [1.29, 1.82) is 0 Å². The summed E-state index contributed by atoms with van der Waals surface area (Å²) >= 11 is 3.12. The monoisotopic (exact) mass is 426 g/mol. The third-order valence-electron chi connectivity index (χ3n) is 5.19. The molecular weight excluding hydrogens is 408 g/mol. The van der Waals surface area contributed by atoms with Crippen molar-refractivity contribution < 1.29 is 9.53 Å². The highest BCUT2D eigenvalue weighted by Gasteiger charge is 2.22. The molecule has 9 heteroatoms. The minimum Gasteiger partial charge on any atom is -0.465 e. The number of esters is 1. The number of ether oxygens (including phenoxy) is 1. The number of imidazole rings is 1. The molecule has 0 aromatic carbocycles. The van der Waals surface area contributed by atoms with Crippen molar-refractivity contribution in [2.45, 2.75) is 30.2 Å². The van der Waals surface area contributed by atoms with Crippen molar-refractivity contribution in [3.8, 4) is 0 Å². The molecule has 0 saturated carbocycles. The molecule has 5 rings (SSSR count). The van der Waals surface area contributed by atoms with Crippen LogP contribution < -0.4 is 5.56 Å². The van der Waals surface area contributed by atoms with Crippen molar-refractivity contribution in [1.82, 2.24) is 18.9 Å². The average molecular weight is 427 g/mol. The quantitative estimate of drug-likeness (QED) is 0.283. The molecule has 0 aliphatic heterocycles. The Hall–Kier alpha value is -2.65. The van der Waals surface area contributed by atoms with Crippen LogP contribution in [-0.4, -0.2) is 32.0 Å². The Balaban J connectivity index is 1.47. The van der Waals surface area contributed by atoms with Gasteiger partial charge in [-0.15, -0.1) is 11.3 Å². The third kappa shape index (κ3) is 2.96. The van der Waals surface area contributed by atoms with Gasteiger partial charge in [0.15, 0.2) is 10.8 Å². The maximum atomic E-state index is 12.9. The summed E-state index contributed by atoms with van der Waals surface area (Å²) in [5.41, 5.74) is 3.01. The number of aromatic nitrogens is 4. The van der Waals surface area contributed by atoms with Gasteiger partial charge in [0, 0.05) is 30.1 Å². The molecule has 0 saturated heterocycles. The lowest BCUT2D eigenvalue weighted by atomic mass is 10.2. The fourth-order valence-corrected chi connectivity index (χ4v) is 5.93. The van der Waals surface area contributed by atoms with Crippen LogP contribution in [-0.2, 0) is 30.4 Å². The van der Waals surface area contributed by atoms with Gasteiger partial charge in [-0.3, -0.25) is 9.36 Å². The van der Waals surface area contributed by atoms with Gasteiger partial charge in [0.2, 0.25) is 0 Å². The molecule has 0 amide bonds. The van der Waals surface area contributed by atoms with Gasteiger partial charge in [0.1, 0.15) is 10.4 Å². The fourth-order valence-electron chi connectivity index (χ4n) is 3.78. The molecule has 4 aromatic heterocycles. The summed E-state index contributed by atoms with van der Waals surface area (Å²) in [6, 6.07) is 3.48. The molecule has 0 fully saturated rings. The van der Waals surface area contributed by atoms with Gasteiger partial charge in [-0.25, -0.2) is 14.8 Å². The molecule has 29 heavy (non-hydrogen) atoms. The van der Waals surface area contributed by atoms with E-state index in [-0.39, 0.29) is 5.56 Å². The van der Waals surface area contributed by atoms with E-state index in [1.165, 1.54) is 29.3 Å². The summed E-state index contributed by atoms with van der Waals surface area (Å²) in [6.07, 6.45) is 6.87. The van der Waals surface area contributed by atoms with Gasteiger partial charge in [-0.2, -0.15) is 0 Å². The number of hydrogen-bond donors (Lipinski definition) is 0. The number of thioether (sulfide) groups is 1. The van der Waals surface area contributed by atoms with Gasteiger partial charge in [0.05, 0.1) is 18.2 Å². The zero-order valence-corrected chi connectivity index (χ0v) is 17.6. The summed E-state index contributed by atoms with van der Waals surface area (Å²) in [6.45, 7) is 0. The van der Waals surface area contributed by atoms with E-state index in [2.05, 4.69) is 4.98 Å². The third-order valence-corrected chi connectivity index (χ3v) is 7.44. The zero-order chi connectivity index (χ0) is 20.1. The van der Waals surface area contributed by atoms with Crippen molar-refractivity contribution >= 4 is 44.9 Å². The Morgan fingerprint density at radius 2 is 2.21 bits per heavy atom. The van der Waals surface area contributed by atoms with Gasteiger partial charge in [-0.05, 0) is 37.0 Å². The minimum atomic E-state index is -0.416. The van der Waals surface area contributed by atoms with Gasteiger partial charge in [-0.1, -0.05) is 11.8 Å². The number of aryl methyl sites for hydroxylation is 2. The number of nitrogens with zero attached hydrogens (tertiary/aromatic N) is 4. The summed E-state index contributed by atoms with van der Waals surface area (Å²) in [5.74, 6) is 0.125. The maximum absolute atomic E-state index is 12.9. The van der Waals surface area contributed by atoms with Gasteiger partial charge in [0.25, 0.3) is 5.56 Å². The number of fused-ring (bicyclic) bond motifs is 4. The van der Waals surface area contributed by atoms with Crippen LogP contribution in [0.15, 0.2) is 34.5 Å². The topological polar surface area (TPSA) is 78.5 Å². The van der Waals surface area contributed by atoms with Crippen molar-refractivity contribution in [3.05, 3.63) is 56.6 Å². The summed E-state index contributed by atoms with van der Waals surface area (Å²) in [5, 5.41) is 1.47.